The Kier molecular flexibility index (Phi) is 9.09. The number of halogens is 2. The van der Waals surface area contributed by atoms with E-state index in [-0.39, 0.29) is 11.8 Å². The van der Waals surface area contributed by atoms with Crippen molar-refractivity contribution in [1.29, 1.82) is 0 Å². The summed E-state index contributed by atoms with van der Waals surface area (Å²) in [5.74, 6) is 0.413. The molecule has 0 aromatic heterocycles. The molecule has 0 saturated carbocycles. The van der Waals surface area contributed by atoms with Gasteiger partial charge >= 0.3 is 0 Å². The van der Waals surface area contributed by atoms with E-state index >= 15 is 0 Å². The summed E-state index contributed by atoms with van der Waals surface area (Å²) >= 11 is 14.6. The van der Waals surface area contributed by atoms with E-state index in [1.165, 1.54) is 11.6 Å². The zero-order chi connectivity index (χ0) is 23.1. The van der Waals surface area contributed by atoms with Crippen LogP contribution in [0.1, 0.15) is 50.2 Å². The molecule has 0 atom stereocenters. The molecule has 0 radical (unpaired) electrons. The first-order valence-corrected chi connectivity index (χ1v) is 12.4. The molecule has 0 unspecified atom stereocenters. The van der Waals surface area contributed by atoms with E-state index in [9.17, 15) is 9.59 Å². The van der Waals surface area contributed by atoms with E-state index in [1.54, 1.807) is 17.8 Å². The van der Waals surface area contributed by atoms with Crippen LogP contribution >= 0.6 is 35.0 Å². The SMILES string of the molecule is CC(C)c1ccccc1Sc1ccc(/C=C/C(=O)NCCCN2CCCC2=O)c(Cl)c1Cl. The number of nitrogens with one attached hydrogen (secondary N) is 1. The molecule has 1 aliphatic heterocycles. The number of amides is 2. The van der Waals surface area contributed by atoms with Crippen molar-refractivity contribution < 1.29 is 9.59 Å². The van der Waals surface area contributed by atoms with Crippen LogP contribution in [0.4, 0.5) is 0 Å². The normalized spacial score (nSPS) is 14.0. The summed E-state index contributed by atoms with van der Waals surface area (Å²) in [6.07, 6.45) is 5.43. The minimum absolute atomic E-state index is 0.200. The zero-order valence-electron chi connectivity index (χ0n) is 18.4. The molecule has 0 spiro atoms. The number of hydrogen-bond acceptors (Lipinski definition) is 3. The molecular weight excluding hydrogens is 463 g/mol. The molecule has 170 valence electrons. The molecule has 1 fully saturated rings. The van der Waals surface area contributed by atoms with Gasteiger partial charge in [0.15, 0.2) is 0 Å². The van der Waals surface area contributed by atoms with Crippen LogP contribution in [0.15, 0.2) is 52.3 Å². The molecule has 1 heterocycles. The second-order valence-corrected chi connectivity index (χ2v) is 9.88. The highest BCUT2D eigenvalue weighted by Gasteiger charge is 2.19. The van der Waals surface area contributed by atoms with Gasteiger partial charge in [-0.2, -0.15) is 0 Å². The maximum Gasteiger partial charge on any atom is 0.244 e. The van der Waals surface area contributed by atoms with E-state index in [4.69, 9.17) is 23.2 Å². The molecule has 1 aliphatic rings. The fourth-order valence-electron chi connectivity index (χ4n) is 3.57. The topological polar surface area (TPSA) is 49.4 Å². The van der Waals surface area contributed by atoms with Gasteiger partial charge in [0, 0.05) is 41.9 Å². The van der Waals surface area contributed by atoms with Crippen LogP contribution in [-0.2, 0) is 9.59 Å². The molecule has 2 amide bonds. The molecule has 0 aliphatic carbocycles. The summed E-state index contributed by atoms with van der Waals surface area (Å²) in [4.78, 5) is 27.6. The van der Waals surface area contributed by atoms with Gasteiger partial charge < -0.3 is 10.2 Å². The summed E-state index contributed by atoms with van der Waals surface area (Å²) < 4.78 is 0. The van der Waals surface area contributed by atoms with Crippen LogP contribution in [0.5, 0.6) is 0 Å². The van der Waals surface area contributed by atoms with Gasteiger partial charge in [-0.05, 0) is 48.1 Å². The maximum absolute atomic E-state index is 12.1. The van der Waals surface area contributed by atoms with Crippen molar-refractivity contribution in [2.45, 2.75) is 48.8 Å². The van der Waals surface area contributed by atoms with Crippen molar-refractivity contribution >= 4 is 52.9 Å². The van der Waals surface area contributed by atoms with Crippen molar-refractivity contribution in [1.82, 2.24) is 10.2 Å². The maximum atomic E-state index is 12.1. The highest BCUT2D eigenvalue weighted by molar-refractivity contribution is 7.99. The number of carbonyl (C=O) groups excluding carboxylic acids is 2. The summed E-state index contributed by atoms with van der Waals surface area (Å²) in [5, 5.41) is 3.75. The third-order valence-corrected chi connectivity index (χ3v) is 7.49. The lowest BCUT2D eigenvalue weighted by Gasteiger charge is -2.15. The molecule has 7 heteroatoms. The van der Waals surface area contributed by atoms with E-state index in [0.717, 1.165) is 29.2 Å². The lowest BCUT2D eigenvalue weighted by Crippen LogP contribution is -2.29. The standard InChI is InChI=1S/C25H28Cl2N2O2S/c1-17(2)19-7-3-4-8-20(19)32-21-12-10-18(24(26)25(21)27)11-13-22(30)28-14-6-16-29-15-5-9-23(29)31/h3-4,7-8,10-13,17H,5-6,9,14-16H2,1-2H3,(H,28,30)/b13-11+. The fraction of sp³-hybridized carbons (Fsp3) is 0.360. The van der Waals surface area contributed by atoms with Crippen molar-refractivity contribution in [2.24, 2.45) is 0 Å². The van der Waals surface area contributed by atoms with Crippen LogP contribution in [0.25, 0.3) is 6.08 Å². The second-order valence-electron chi connectivity index (χ2n) is 8.04. The van der Waals surface area contributed by atoms with Gasteiger partial charge in [0.25, 0.3) is 0 Å². The first-order chi connectivity index (χ1) is 15.4. The quantitative estimate of drug-likeness (QED) is 0.326. The molecule has 2 aromatic carbocycles. The van der Waals surface area contributed by atoms with Crippen molar-refractivity contribution in [2.75, 3.05) is 19.6 Å². The lowest BCUT2D eigenvalue weighted by molar-refractivity contribution is -0.127. The van der Waals surface area contributed by atoms with Gasteiger partial charge in [-0.1, -0.05) is 73.1 Å². The Hall–Kier alpha value is -1.95. The average Bonchev–Trinajstić information content (AvgIpc) is 3.19. The van der Waals surface area contributed by atoms with Gasteiger partial charge in [-0.25, -0.2) is 0 Å². The Morgan fingerprint density at radius 2 is 1.94 bits per heavy atom. The zero-order valence-corrected chi connectivity index (χ0v) is 20.7. The number of benzene rings is 2. The lowest BCUT2D eigenvalue weighted by atomic mass is 10.0. The molecule has 32 heavy (non-hydrogen) atoms. The smallest absolute Gasteiger partial charge is 0.244 e. The van der Waals surface area contributed by atoms with Crippen LogP contribution in [0.3, 0.4) is 0 Å². The second kappa shape index (κ2) is 11.8. The number of hydrogen-bond donors (Lipinski definition) is 1. The molecule has 4 nitrogen and oxygen atoms in total. The van der Waals surface area contributed by atoms with Gasteiger partial charge in [-0.3, -0.25) is 9.59 Å². The predicted octanol–water partition coefficient (Wildman–Crippen LogP) is 6.41. The van der Waals surface area contributed by atoms with E-state index in [0.29, 0.717) is 41.0 Å². The Morgan fingerprint density at radius 1 is 1.16 bits per heavy atom. The summed E-state index contributed by atoms with van der Waals surface area (Å²) in [6, 6.07) is 12.1. The van der Waals surface area contributed by atoms with E-state index in [1.807, 2.05) is 29.2 Å². The average molecular weight is 491 g/mol. The Balaban J connectivity index is 1.57. The highest BCUT2D eigenvalue weighted by atomic mass is 35.5. The molecule has 1 saturated heterocycles. The first-order valence-electron chi connectivity index (χ1n) is 10.8. The minimum Gasteiger partial charge on any atom is -0.352 e. The number of likely N-dealkylation sites (tertiary alicyclic amines) is 1. The largest absolute Gasteiger partial charge is 0.352 e. The number of rotatable bonds is 9. The summed E-state index contributed by atoms with van der Waals surface area (Å²) in [6.45, 7) is 6.36. The first kappa shape index (κ1) is 24.7. The Labute approximate surface area is 204 Å². The van der Waals surface area contributed by atoms with Crippen molar-refractivity contribution in [3.8, 4) is 0 Å². The van der Waals surface area contributed by atoms with Crippen LogP contribution in [0.2, 0.25) is 10.0 Å². The van der Waals surface area contributed by atoms with Crippen LogP contribution in [-0.4, -0.2) is 36.3 Å². The summed E-state index contributed by atoms with van der Waals surface area (Å²) in [7, 11) is 0. The molecule has 1 N–H and O–H groups in total. The van der Waals surface area contributed by atoms with Gasteiger partial charge in [-0.15, -0.1) is 0 Å². The summed E-state index contributed by atoms with van der Waals surface area (Å²) in [5.41, 5.74) is 1.95. The minimum atomic E-state index is -0.200. The molecular formula is C25H28Cl2N2O2S. The Bertz CT molecular complexity index is 1010. The van der Waals surface area contributed by atoms with Crippen LogP contribution < -0.4 is 5.32 Å². The van der Waals surface area contributed by atoms with E-state index < -0.39 is 0 Å². The number of nitrogens with zero attached hydrogens (tertiary/aromatic N) is 1. The fourth-order valence-corrected chi connectivity index (χ4v) is 5.27. The monoisotopic (exact) mass is 490 g/mol. The van der Waals surface area contributed by atoms with Gasteiger partial charge in [0.2, 0.25) is 11.8 Å². The van der Waals surface area contributed by atoms with Gasteiger partial charge in [0.1, 0.15) is 0 Å². The molecule has 3 rings (SSSR count). The Morgan fingerprint density at radius 3 is 2.66 bits per heavy atom. The predicted molar refractivity (Wildman–Crippen MR) is 134 cm³/mol. The molecule has 2 aromatic rings. The van der Waals surface area contributed by atoms with Crippen molar-refractivity contribution in [3.63, 3.8) is 0 Å². The third kappa shape index (κ3) is 6.53. The molecule has 0 bridgehead atoms. The number of carbonyl (C=O) groups is 2. The van der Waals surface area contributed by atoms with Crippen molar-refractivity contribution in [3.05, 3.63) is 63.6 Å². The highest BCUT2D eigenvalue weighted by Crippen LogP contribution is 2.41. The van der Waals surface area contributed by atoms with Crippen LogP contribution in [0, 0.1) is 0 Å². The van der Waals surface area contributed by atoms with E-state index in [2.05, 4.69) is 31.3 Å². The third-order valence-electron chi connectivity index (χ3n) is 5.33. The van der Waals surface area contributed by atoms with Gasteiger partial charge in [0.05, 0.1) is 10.0 Å².